The number of amides is 1. The average Bonchev–Trinajstić information content (AvgIpc) is 3.47. The molecule has 1 aliphatic heterocycles. The molecule has 1 fully saturated rings. The molecule has 1 saturated heterocycles. The minimum absolute atomic E-state index is 0.221. The molecule has 1 aliphatic rings. The van der Waals surface area contributed by atoms with Gasteiger partial charge in [0.15, 0.2) is 22.2 Å². The molecule has 3 heterocycles. The van der Waals surface area contributed by atoms with Gasteiger partial charge in [0.25, 0.3) is 5.91 Å². The number of morpholine rings is 1. The molecule has 0 radical (unpaired) electrons. The average molecular weight is 484 g/mol. The van der Waals surface area contributed by atoms with Crippen LogP contribution in [-0.4, -0.2) is 61.8 Å². The van der Waals surface area contributed by atoms with Gasteiger partial charge in [0.1, 0.15) is 5.82 Å². The molecule has 0 atom stereocenters. The zero-order chi connectivity index (χ0) is 23.5. The normalized spacial score (nSPS) is 14.6. The quantitative estimate of drug-likeness (QED) is 0.353. The fourth-order valence-corrected chi connectivity index (χ4v) is 5.12. The maximum absolute atomic E-state index is 13.8. The molecule has 34 heavy (non-hydrogen) atoms. The minimum Gasteiger partial charge on any atom is -0.490 e. The highest BCUT2D eigenvalue weighted by atomic mass is 32.1. The lowest BCUT2D eigenvalue weighted by atomic mass is 10.2. The number of thiazole rings is 1. The molecule has 2 aromatic carbocycles. The molecule has 0 spiro atoms. The largest absolute Gasteiger partial charge is 0.490 e. The highest BCUT2D eigenvalue weighted by Gasteiger charge is 2.25. The van der Waals surface area contributed by atoms with Crippen LogP contribution < -0.4 is 9.64 Å². The third kappa shape index (κ3) is 4.77. The summed E-state index contributed by atoms with van der Waals surface area (Å²) in [6.45, 7) is 6.95. The van der Waals surface area contributed by atoms with Gasteiger partial charge in [-0.2, -0.15) is 0 Å². The molecule has 2 aromatic heterocycles. The van der Waals surface area contributed by atoms with Gasteiger partial charge in [0.2, 0.25) is 0 Å². The summed E-state index contributed by atoms with van der Waals surface area (Å²) in [5.41, 5.74) is 1.21. The second kappa shape index (κ2) is 10.1. The monoisotopic (exact) mass is 483 g/mol. The van der Waals surface area contributed by atoms with E-state index in [1.807, 2.05) is 25.1 Å². The summed E-state index contributed by atoms with van der Waals surface area (Å²) in [6.07, 6.45) is 0.764. The number of benzene rings is 2. The lowest BCUT2D eigenvalue weighted by Crippen LogP contribution is -2.39. The van der Waals surface area contributed by atoms with E-state index in [4.69, 9.17) is 13.9 Å². The number of carbonyl (C=O) groups excluding carboxylic acids is 1. The maximum atomic E-state index is 13.8. The van der Waals surface area contributed by atoms with Crippen LogP contribution in [0.5, 0.6) is 5.75 Å². The molecule has 0 unspecified atom stereocenters. The van der Waals surface area contributed by atoms with Crippen LogP contribution in [0.15, 0.2) is 46.9 Å². The van der Waals surface area contributed by atoms with Crippen molar-refractivity contribution < 1.29 is 23.1 Å². The Bertz CT molecular complexity index is 1300. The van der Waals surface area contributed by atoms with Crippen molar-refractivity contribution in [3.8, 4) is 5.75 Å². The van der Waals surface area contributed by atoms with Gasteiger partial charge < -0.3 is 13.9 Å². The van der Waals surface area contributed by atoms with Gasteiger partial charge in [0, 0.05) is 31.6 Å². The number of aromatic nitrogens is 1. The van der Waals surface area contributed by atoms with E-state index in [1.165, 1.54) is 23.5 Å². The third-order valence-corrected chi connectivity index (χ3v) is 6.83. The molecule has 0 saturated carbocycles. The van der Waals surface area contributed by atoms with Crippen molar-refractivity contribution in [3.63, 3.8) is 0 Å². The fourth-order valence-electron chi connectivity index (χ4n) is 4.11. The maximum Gasteiger partial charge on any atom is 0.295 e. The molecular weight excluding hydrogens is 457 g/mol. The van der Waals surface area contributed by atoms with Crippen molar-refractivity contribution in [2.45, 2.75) is 13.3 Å². The predicted molar refractivity (Wildman–Crippen MR) is 131 cm³/mol. The number of para-hydroxylation sites is 1. The number of ether oxygens (including phenoxy) is 2. The number of furan rings is 1. The second-order valence-corrected chi connectivity index (χ2v) is 9.10. The Morgan fingerprint density at radius 3 is 2.91 bits per heavy atom. The van der Waals surface area contributed by atoms with E-state index in [2.05, 4.69) is 9.88 Å². The van der Waals surface area contributed by atoms with E-state index in [0.717, 1.165) is 44.7 Å². The van der Waals surface area contributed by atoms with Crippen molar-refractivity contribution in [2.24, 2.45) is 0 Å². The first-order chi connectivity index (χ1) is 16.6. The van der Waals surface area contributed by atoms with E-state index in [1.54, 1.807) is 17.0 Å². The summed E-state index contributed by atoms with van der Waals surface area (Å²) in [6, 6.07) is 11.8. The number of hydrogen-bond acceptors (Lipinski definition) is 7. The Kier molecular flexibility index (Phi) is 6.75. The summed E-state index contributed by atoms with van der Waals surface area (Å²) in [7, 11) is 0. The molecule has 0 bridgehead atoms. The van der Waals surface area contributed by atoms with E-state index >= 15 is 0 Å². The van der Waals surface area contributed by atoms with Gasteiger partial charge in [-0.1, -0.05) is 23.5 Å². The van der Waals surface area contributed by atoms with Gasteiger partial charge in [-0.15, -0.1) is 0 Å². The van der Waals surface area contributed by atoms with Crippen molar-refractivity contribution in [2.75, 3.05) is 50.9 Å². The first kappa shape index (κ1) is 22.8. The number of nitrogens with zero attached hydrogens (tertiary/aromatic N) is 3. The van der Waals surface area contributed by atoms with Crippen LogP contribution in [0.3, 0.4) is 0 Å². The van der Waals surface area contributed by atoms with Crippen LogP contribution in [0.2, 0.25) is 0 Å². The molecule has 0 aliphatic carbocycles. The molecule has 5 rings (SSSR count). The van der Waals surface area contributed by atoms with Gasteiger partial charge in [0.05, 0.1) is 30.0 Å². The molecule has 0 N–H and O–H groups in total. The van der Waals surface area contributed by atoms with Crippen molar-refractivity contribution in [3.05, 3.63) is 54.0 Å². The van der Waals surface area contributed by atoms with Crippen LogP contribution >= 0.6 is 11.3 Å². The highest BCUT2D eigenvalue weighted by Crippen LogP contribution is 2.33. The summed E-state index contributed by atoms with van der Waals surface area (Å²) >= 11 is 1.30. The minimum atomic E-state index is -0.325. The van der Waals surface area contributed by atoms with E-state index in [-0.39, 0.29) is 17.5 Å². The number of rotatable bonds is 8. The first-order valence-corrected chi connectivity index (χ1v) is 12.3. The van der Waals surface area contributed by atoms with Crippen molar-refractivity contribution in [1.82, 2.24) is 9.88 Å². The second-order valence-electron chi connectivity index (χ2n) is 8.09. The topological polar surface area (TPSA) is 68.0 Å². The van der Waals surface area contributed by atoms with Gasteiger partial charge in [-0.25, -0.2) is 9.37 Å². The Hall–Kier alpha value is -3.01. The van der Waals surface area contributed by atoms with Crippen molar-refractivity contribution in [1.29, 1.82) is 0 Å². The molecule has 4 aromatic rings. The number of halogens is 1. The van der Waals surface area contributed by atoms with Gasteiger partial charge in [-0.3, -0.25) is 14.6 Å². The first-order valence-electron chi connectivity index (χ1n) is 11.5. The molecular formula is C25H26FN3O4S. The van der Waals surface area contributed by atoms with Crippen LogP contribution in [-0.2, 0) is 4.74 Å². The third-order valence-electron chi connectivity index (χ3n) is 5.79. The molecule has 7 nitrogen and oxygen atoms in total. The van der Waals surface area contributed by atoms with Crippen molar-refractivity contribution >= 4 is 43.6 Å². The van der Waals surface area contributed by atoms with Gasteiger partial charge >= 0.3 is 0 Å². The Balaban J connectivity index is 1.44. The number of fused-ring (bicyclic) bond motifs is 2. The fraction of sp³-hybridized carbons (Fsp3) is 0.360. The Morgan fingerprint density at radius 1 is 1.24 bits per heavy atom. The highest BCUT2D eigenvalue weighted by molar-refractivity contribution is 7.22. The van der Waals surface area contributed by atoms with E-state index in [9.17, 15) is 9.18 Å². The summed E-state index contributed by atoms with van der Waals surface area (Å²) in [4.78, 5) is 22.3. The molecule has 1 amide bonds. The Morgan fingerprint density at radius 2 is 2.09 bits per heavy atom. The van der Waals surface area contributed by atoms with Gasteiger partial charge in [-0.05, 0) is 43.7 Å². The van der Waals surface area contributed by atoms with Crippen LogP contribution in [0.1, 0.15) is 23.9 Å². The van der Waals surface area contributed by atoms with E-state index < -0.39 is 0 Å². The summed E-state index contributed by atoms with van der Waals surface area (Å²) in [5.74, 6) is 0.223. The number of anilines is 1. The van der Waals surface area contributed by atoms with Crippen LogP contribution in [0, 0.1) is 5.82 Å². The lowest BCUT2D eigenvalue weighted by molar-refractivity contribution is 0.0376. The number of carbonyl (C=O) groups is 1. The Labute approximate surface area is 200 Å². The predicted octanol–water partition coefficient (Wildman–Crippen LogP) is 4.95. The van der Waals surface area contributed by atoms with Crippen LogP contribution in [0.25, 0.3) is 21.2 Å². The summed E-state index contributed by atoms with van der Waals surface area (Å²) in [5, 5.41) is 1.33. The summed E-state index contributed by atoms with van der Waals surface area (Å²) < 4.78 is 31.5. The standard InChI is InChI=1S/C25H26FN3O4S/c1-2-32-20-6-3-5-17-15-21(33-23(17)20)24(30)29(10-4-9-28-11-13-31-14-12-28)25-27-19-8-7-18(26)16-22(19)34-25/h3,5-8,15-16H,2,4,9-14H2,1H3. The van der Waals surface area contributed by atoms with Crippen LogP contribution in [0.4, 0.5) is 9.52 Å². The van der Waals surface area contributed by atoms with E-state index in [0.29, 0.717) is 39.8 Å². The molecule has 9 heteroatoms. The zero-order valence-electron chi connectivity index (χ0n) is 19.0. The SMILES string of the molecule is CCOc1cccc2cc(C(=O)N(CCCN3CCOCC3)c3nc4ccc(F)cc4s3)oc12. The molecule has 178 valence electrons. The number of hydrogen-bond donors (Lipinski definition) is 0. The lowest BCUT2D eigenvalue weighted by Gasteiger charge is -2.27. The smallest absolute Gasteiger partial charge is 0.295 e. The zero-order valence-corrected chi connectivity index (χ0v) is 19.8.